The summed E-state index contributed by atoms with van der Waals surface area (Å²) in [5, 5.41) is 0. The van der Waals surface area contributed by atoms with Crippen LogP contribution in [0.1, 0.15) is 51.5 Å². The van der Waals surface area contributed by atoms with Crippen LogP contribution < -0.4 is 0 Å². The number of benzene rings is 1. The summed E-state index contributed by atoms with van der Waals surface area (Å²) in [4.78, 5) is 20.0. The molecular weight excluding hydrogens is 405 g/mol. The van der Waals surface area contributed by atoms with Crippen molar-refractivity contribution in [1.82, 2.24) is 14.7 Å². The van der Waals surface area contributed by atoms with Crippen molar-refractivity contribution >= 4 is 5.91 Å². The Labute approximate surface area is 193 Å². The van der Waals surface area contributed by atoms with E-state index in [1.54, 1.807) is 13.2 Å². The average Bonchev–Trinajstić information content (AvgIpc) is 2.79. The van der Waals surface area contributed by atoms with Gasteiger partial charge in [0.25, 0.3) is 0 Å². The highest BCUT2D eigenvalue weighted by atomic mass is 19.1. The first-order valence-electron chi connectivity index (χ1n) is 12.4. The molecule has 3 rings (SSSR count). The lowest BCUT2D eigenvalue weighted by Crippen LogP contribution is -2.43. The van der Waals surface area contributed by atoms with Gasteiger partial charge in [-0.05, 0) is 83.6 Å². The number of hydrogen-bond acceptors (Lipinski definition) is 4. The number of likely N-dealkylation sites (tertiary alicyclic amines) is 2. The van der Waals surface area contributed by atoms with Gasteiger partial charge in [-0.2, -0.15) is 0 Å². The predicted molar refractivity (Wildman–Crippen MR) is 127 cm³/mol. The topological polar surface area (TPSA) is 36.0 Å². The Hall–Kier alpha value is -1.50. The first kappa shape index (κ1) is 25.1. The van der Waals surface area contributed by atoms with Crippen LogP contribution in [-0.4, -0.2) is 79.6 Å². The highest BCUT2D eigenvalue weighted by Crippen LogP contribution is 2.25. The fourth-order valence-corrected chi connectivity index (χ4v) is 5.08. The summed E-state index contributed by atoms with van der Waals surface area (Å²) in [5.41, 5.74) is 0.770. The summed E-state index contributed by atoms with van der Waals surface area (Å²) < 4.78 is 19.3. The lowest BCUT2D eigenvalue weighted by Gasteiger charge is -2.37. The Morgan fingerprint density at radius 1 is 1.09 bits per heavy atom. The third-order valence-corrected chi connectivity index (χ3v) is 7.30. The van der Waals surface area contributed by atoms with Gasteiger partial charge < -0.3 is 14.5 Å². The minimum atomic E-state index is -0.120. The Morgan fingerprint density at radius 2 is 1.75 bits per heavy atom. The van der Waals surface area contributed by atoms with E-state index in [9.17, 15) is 9.18 Å². The number of hydrogen-bond donors (Lipinski definition) is 0. The molecule has 32 heavy (non-hydrogen) atoms. The van der Waals surface area contributed by atoms with Crippen molar-refractivity contribution in [3.8, 4) is 0 Å². The second kappa shape index (κ2) is 12.7. The summed E-state index contributed by atoms with van der Waals surface area (Å²) in [7, 11) is 1.70. The first-order valence-corrected chi connectivity index (χ1v) is 12.4. The van der Waals surface area contributed by atoms with Crippen LogP contribution in [0.4, 0.5) is 4.39 Å². The van der Waals surface area contributed by atoms with Crippen molar-refractivity contribution < 1.29 is 13.9 Å². The number of carbonyl (C=O) groups excluding carboxylic acids is 1. The maximum atomic E-state index is 14.0. The number of amides is 1. The van der Waals surface area contributed by atoms with Crippen LogP contribution in [0.3, 0.4) is 0 Å². The van der Waals surface area contributed by atoms with Gasteiger partial charge in [0, 0.05) is 44.8 Å². The standard InChI is InChI=1S/C26H42FN3O2/c1-21(2)29-14-10-22(11-15-29)18-26(31)30(16-17-32-3)19-23-8-12-28(13-9-23)20-24-6-4-5-7-25(24)27/h4-7,21-23H,8-20H2,1-3H3. The number of carbonyl (C=O) groups is 1. The van der Waals surface area contributed by atoms with E-state index < -0.39 is 0 Å². The normalized spacial score (nSPS) is 19.5. The van der Waals surface area contributed by atoms with E-state index in [4.69, 9.17) is 4.74 Å². The molecule has 0 aliphatic carbocycles. The molecule has 6 heteroatoms. The van der Waals surface area contributed by atoms with E-state index in [1.165, 1.54) is 6.07 Å². The third-order valence-electron chi connectivity index (χ3n) is 7.30. The number of rotatable bonds is 10. The molecule has 1 amide bonds. The minimum Gasteiger partial charge on any atom is -0.383 e. The molecule has 0 aromatic heterocycles. The molecule has 5 nitrogen and oxygen atoms in total. The monoisotopic (exact) mass is 447 g/mol. The summed E-state index contributed by atoms with van der Waals surface area (Å²) in [5.74, 6) is 1.18. The minimum absolute atomic E-state index is 0.120. The van der Waals surface area contributed by atoms with Crippen molar-refractivity contribution in [2.45, 2.75) is 58.5 Å². The van der Waals surface area contributed by atoms with Gasteiger partial charge in [-0.3, -0.25) is 9.69 Å². The molecule has 0 radical (unpaired) electrons. The second-order valence-corrected chi connectivity index (χ2v) is 9.92. The summed E-state index contributed by atoms with van der Waals surface area (Å²) in [6.45, 7) is 11.4. The lowest BCUT2D eigenvalue weighted by molar-refractivity contribution is -0.134. The Kier molecular flexibility index (Phi) is 9.94. The summed E-state index contributed by atoms with van der Waals surface area (Å²) >= 11 is 0. The van der Waals surface area contributed by atoms with Crippen LogP contribution in [0.5, 0.6) is 0 Å². The van der Waals surface area contributed by atoms with Gasteiger partial charge in [0.2, 0.25) is 5.91 Å². The Bertz CT molecular complexity index is 698. The van der Waals surface area contributed by atoms with E-state index in [-0.39, 0.29) is 5.82 Å². The van der Waals surface area contributed by atoms with Crippen molar-refractivity contribution in [2.75, 3.05) is 53.0 Å². The molecular formula is C26H42FN3O2. The largest absolute Gasteiger partial charge is 0.383 e. The maximum Gasteiger partial charge on any atom is 0.222 e. The average molecular weight is 448 g/mol. The SMILES string of the molecule is COCCN(CC1CCN(Cc2ccccc2F)CC1)C(=O)CC1CCN(C(C)C)CC1. The van der Waals surface area contributed by atoms with Crippen LogP contribution in [0.15, 0.2) is 24.3 Å². The van der Waals surface area contributed by atoms with E-state index in [0.717, 1.165) is 64.0 Å². The van der Waals surface area contributed by atoms with Gasteiger partial charge >= 0.3 is 0 Å². The van der Waals surface area contributed by atoms with E-state index in [2.05, 4.69) is 28.5 Å². The molecule has 2 heterocycles. The van der Waals surface area contributed by atoms with Crippen molar-refractivity contribution in [2.24, 2.45) is 11.8 Å². The number of methoxy groups -OCH3 is 1. The molecule has 0 bridgehead atoms. The molecule has 2 saturated heterocycles. The smallest absolute Gasteiger partial charge is 0.222 e. The molecule has 2 fully saturated rings. The third kappa shape index (κ3) is 7.53. The number of nitrogens with zero attached hydrogens (tertiary/aromatic N) is 3. The Balaban J connectivity index is 1.46. The fourth-order valence-electron chi connectivity index (χ4n) is 5.08. The van der Waals surface area contributed by atoms with Crippen LogP contribution in [0.25, 0.3) is 0 Å². The zero-order chi connectivity index (χ0) is 22.9. The van der Waals surface area contributed by atoms with E-state index in [0.29, 0.717) is 49.9 Å². The molecule has 1 aromatic carbocycles. The molecule has 2 aliphatic rings. The molecule has 2 aliphatic heterocycles. The maximum absolute atomic E-state index is 14.0. The van der Waals surface area contributed by atoms with Gasteiger partial charge in [-0.15, -0.1) is 0 Å². The summed E-state index contributed by atoms with van der Waals surface area (Å²) in [6, 6.07) is 7.64. The zero-order valence-electron chi connectivity index (χ0n) is 20.3. The quantitative estimate of drug-likeness (QED) is 0.543. The van der Waals surface area contributed by atoms with Gasteiger partial charge in [-0.1, -0.05) is 18.2 Å². The molecule has 1 aromatic rings. The first-order chi connectivity index (χ1) is 15.5. The van der Waals surface area contributed by atoms with Crippen LogP contribution in [0.2, 0.25) is 0 Å². The summed E-state index contributed by atoms with van der Waals surface area (Å²) in [6.07, 6.45) is 5.02. The number of ether oxygens (including phenoxy) is 1. The lowest BCUT2D eigenvalue weighted by atomic mass is 9.91. The fraction of sp³-hybridized carbons (Fsp3) is 0.731. The number of piperidine rings is 2. The molecule has 0 unspecified atom stereocenters. The molecule has 0 saturated carbocycles. The van der Waals surface area contributed by atoms with Crippen molar-refractivity contribution in [1.29, 1.82) is 0 Å². The van der Waals surface area contributed by atoms with Gasteiger partial charge in [0.15, 0.2) is 0 Å². The van der Waals surface area contributed by atoms with E-state index in [1.807, 2.05) is 12.1 Å². The highest BCUT2D eigenvalue weighted by molar-refractivity contribution is 5.76. The second-order valence-electron chi connectivity index (χ2n) is 9.92. The van der Waals surface area contributed by atoms with Crippen LogP contribution in [-0.2, 0) is 16.1 Å². The van der Waals surface area contributed by atoms with Crippen LogP contribution >= 0.6 is 0 Å². The molecule has 0 N–H and O–H groups in total. The predicted octanol–water partition coefficient (Wildman–Crippen LogP) is 4.02. The molecule has 0 atom stereocenters. The molecule has 180 valence electrons. The zero-order valence-corrected chi connectivity index (χ0v) is 20.3. The van der Waals surface area contributed by atoms with Gasteiger partial charge in [0.05, 0.1) is 6.61 Å². The van der Waals surface area contributed by atoms with Gasteiger partial charge in [-0.25, -0.2) is 4.39 Å². The van der Waals surface area contributed by atoms with Crippen molar-refractivity contribution in [3.05, 3.63) is 35.6 Å². The van der Waals surface area contributed by atoms with Crippen molar-refractivity contribution in [3.63, 3.8) is 0 Å². The highest BCUT2D eigenvalue weighted by Gasteiger charge is 2.27. The van der Waals surface area contributed by atoms with Gasteiger partial charge in [0.1, 0.15) is 5.82 Å². The van der Waals surface area contributed by atoms with E-state index >= 15 is 0 Å². The molecule has 0 spiro atoms. The van der Waals surface area contributed by atoms with Crippen LogP contribution in [0, 0.1) is 17.7 Å². The Morgan fingerprint density at radius 3 is 2.38 bits per heavy atom. The number of halogens is 1.